The van der Waals surface area contributed by atoms with Gasteiger partial charge in [0.2, 0.25) is 0 Å². The second-order valence-corrected chi connectivity index (χ2v) is 3.83. The molecule has 1 heterocycles. The van der Waals surface area contributed by atoms with E-state index in [9.17, 15) is 4.79 Å². The smallest absolute Gasteiger partial charge is 0.327 e. The molecule has 1 aliphatic heterocycles. The van der Waals surface area contributed by atoms with Crippen LogP contribution >= 0.6 is 0 Å². The van der Waals surface area contributed by atoms with E-state index < -0.39 is 0 Å². The molecule has 0 atom stereocenters. The van der Waals surface area contributed by atoms with E-state index in [-0.39, 0.29) is 17.6 Å². The first kappa shape index (κ1) is 9.03. The molecule has 2 amide bonds. The van der Waals surface area contributed by atoms with Crippen LogP contribution in [-0.4, -0.2) is 28.8 Å². The Morgan fingerprint density at radius 3 is 2.58 bits per heavy atom. The van der Waals surface area contributed by atoms with Gasteiger partial charge < -0.3 is 5.32 Å². The number of nitrogens with one attached hydrogen (secondary N) is 1. The van der Waals surface area contributed by atoms with E-state index in [0.717, 1.165) is 0 Å². The Kier molecular flexibility index (Phi) is 2.08. The molecule has 0 spiro atoms. The molecule has 68 valence electrons. The molecule has 1 aliphatic rings. The minimum atomic E-state index is -0.317. The van der Waals surface area contributed by atoms with Crippen molar-refractivity contribution in [1.82, 2.24) is 10.3 Å². The van der Waals surface area contributed by atoms with Crippen LogP contribution in [0.2, 0.25) is 0 Å². The lowest BCUT2D eigenvalue weighted by Gasteiger charge is -2.32. The average molecular weight is 169 g/mol. The summed E-state index contributed by atoms with van der Waals surface area (Å²) in [4.78, 5) is 11.4. The first-order valence-corrected chi connectivity index (χ1v) is 4.09. The Labute approximate surface area is 72.6 Å². The minimum Gasteiger partial charge on any atom is -0.327 e. The predicted molar refractivity (Wildman–Crippen MR) is 48.1 cm³/mol. The number of amides is 2. The third-order valence-corrected chi connectivity index (χ3v) is 1.63. The maximum Gasteiger partial charge on any atom is 0.338 e. The fourth-order valence-corrected chi connectivity index (χ4v) is 0.992. The second-order valence-electron chi connectivity index (χ2n) is 3.83. The van der Waals surface area contributed by atoms with E-state index in [1.165, 1.54) is 5.01 Å². The van der Waals surface area contributed by atoms with Crippen LogP contribution in [-0.2, 0) is 0 Å². The Morgan fingerprint density at radius 2 is 2.17 bits per heavy atom. The second kappa shape index (κ2) is 2.77. The highest BCUT2D eigenvalue weighted by molar-refractivity contribution is 5.85. The van der Waals surface area contributed by atoms with Gasteiger partial charge in [-0.15, -0.1) is 0 Å². The highest BCUT2D eigenvalue weighted by Crippen LogP contribution is 2.09. The Hall–Kier alpha value is -1.06. The van der Waals surface area contributed by atoms with Crippen molar-refractivity contribution in [2.75, 3.05) is 0 Å². The summed E-state index contributed by atoms with van der Waals surface area (Å²) in [7, 11) is 0. The van der Waals surface area contributed by atoms with Gasteiger partial charge in [-0.05, 0) is 27.7 Å². The van der Waals surface area contributed by atoms with Gasteiger partial charge in [0, 0.05) is 0 Å². The zero-order valence-corrected chi connectivity index (χ0v) is 7.96. The lowest BCUT2D eigenvalue weighted by Crippen LogP contribution is -2.55. The van der Waals surface area contributed by atoms with Gasteiger partial charge in [0.15, 0.2) is 0 Å². The van der Waals surface area contributed by atoms with Crippen molar-refractivity contribution in [3.63, 3.8) is 0 Å². The third kappa shape index (κ3) is 1.75. The minimum absolute atomic E-state index is 0.109. The first-order valence-electron chi connectivity index (χ1n) is 4.09. The summed E-state index contributed by atoms with van der Waals surface area (Å²) in [5.41, 5.74) is -0.317. The molecule has 0 aromatic heterocycles. The molecule has 4 heteroatoms. The molecule has 0 aliphatic carbocycles. The van der Waals surface area contributed by atoms with Gasteiger partial charge in [-0.3, -0.25) is 0 Å². The third-order valence-electron chi connectivity index (χ3n) is 1.63. The molecule has 12 heavy (non-hydrogen) atoms. The summed E-state index contributed by atoms with van der Waals surface area (Å²) in [6.45, 7) is 7.67. The molecule has 0 unspecified atom stereocenters. The molecule has 1 rings (SSSR count). The van der Waals surface area contributed by atoms with Gasteiger partial charge in [0.25, 0.3) is 0 Å². The summed E-state index contributed by atoms with van der Waals surface area (Å²) < 4.78 is 0. The molecule has 0 fully saturated rings. The first-order chi connectivity index (χ1) is 5.42. The van der Waals surface area contributed by atoms with Gasteiger partial charge in [0.1, 0.15) is 0 Å². The van der Waals surface area contributed by atoms with E-state index in [1.807, 2.05) is 27.7 Å². The molecule has 0 radical (unpaired) electrons. The number of carbonyl (C=O) groups is 1. The highest BCUT2D eigenvalue weighted by Gasteiger charge is 2.28. The van der Waals surface area contributed by atoms with Crippen molar-refractivity contribution in [3.8, 4) is 0 Å². The maximum atomic E-state index is 11.4. The predicted octanol–water partition coefficient (Wildman–Crippen LogP) is 1.18. The van der Waals surface area contributed by atoms with Crippen molar-refractivity contribution in [3.05, 3.63) is 0 Å². The van der Waals surface area contributed by atoms with Crippen LogP contribution in [0.1, 0.15) is 27.7 Å². The monoisotopic (exact) mass is 169 g/mol. The molecule has 0 bridgehead atoms. The molecule has 0 saturated carbocycles. The average Bonchev–Trinajstić information content (AvgIpc) is 1.83. The molecule has 0 saturated heterocycles. The molecule has 4 nitrogen and oxygen atoms in total. The number of rotatable bonds is 1. The van der Waals surface area contributed by atoms with Gasteiger partial charge in [-0.2, -0.15) is 5.10 Å². The summed E-state index contributed by atoms with van der Waals surface area (Å²) in [5, 5.41) is 8.32. The quantitative estimate of drug-likeness (QED) is 0.629. The number of hydrogen-bond donors (Lipinski definition) is 1. The van der Waals surface area contributed by atoms with E-state index >= 15 is 0 Å². The largest absolute Gasteiger partial charge is 0.338 e. The van der Waals surface area contributed by atoms with Crippen molar-refractivity contribution >= 4 is 12.2 Å². The fraction of sp³-hybridized carbons (Fsp3) is 0.750. The normalized spacial score (nSPS) is 21.4. The van der Waals surface area contributed by atoms with Crippen molar-refractivity contribution in [2.24, 2.45) is 5.10 Å². The van der Waals surface area contributed by atoms with E-state index in [0.29, 0.717) is 0 Å². The molecule has 1 N–H and O–H groups in total. The number of hydrazone groups is 1. The van der Waals surface area contributed by atoms with Gasteiger partial charge in [0.05, 0.1) is 17.8 Å². The van der Waals surface area contributed by atoms with Crippen LogP contribution < -0.4 is 5.32 Å². The lowest BCUT2D eigenvalue weighted by molar-refractivity contribution is 0.174. The molecular weight excluding hydrogens is 154 g/mol. The van der Waals surface area contributed by atoms with Gasteiger partial charge in [-0.25, -0.2) is 9.80 Å². The SMILES string of the molecule is CC(C)N1N=CC(C)(C)NC1=O. The van der Waals surface area contributed by atoms with E-state index in [1.54, 1.807) is 6.21 Å². The summed E-state index contributed by atoms with van der Waals surface area (Å²) in [5.74, 6) is 0. The number of carbonyl (C=O) groups excluding carboxylic acids is 1. The standard InChI is InChI=1S/C8H15N3O/c1-6(2)11-7(12)10-8(3,4)5-9-11/h5-6H,1-4H3,(H,10,12). The summed E-state index contributed by atoms with van der Waals surface area (Å²) in [6, 6.07) is -0.0187. The highest BCUT2D eigenvalue weighted by atomic mass is 16.2. The van der Waals surface area contributed by atoms with Crippen molar-refractivity contribution in [2.45, 2.75) is 39.3 Å². The zero-order valence-electron chi connectivity index (χ0n) is 7.96. The van der Waals surface area contributed by atoms with Crippen molar-refractivity contribution < 1.29 is 4.79 Å². The number of hydrogen-bond acceptors (Lipinski definition) is 2. The summed E-state index contributed by atoms with van der Waals surface area (Å²) in [6.07, 6.45) is 1.74. The Balaban J connectivity index is 2.79. The molecular formula is C8H15N3O. The lowest BCUT2D eigenvalue weighted by atomic mass is 10.1. The fourth-order valence-electron chi connectivity index (χ4n) is 0.992. The van der Waals surface area contributed by atoms with Crippen molar-refractivity contribution in [1.29, 1.82) is 0 Å². The number of urea groups is 1. The van der Waals surface area contributed by atoms with Crippen LogP contribution in [0.4, 0.5) is 4.79 Å². The van der Waals surface area contributed by atoms with Gasteiger partial charge >= 0.3 is 6.03 Å². The van der Waals surface area contributed by atoms with Crippen LogP contribution in [0, 0.1) is 0 Å². The van der Waals surface area contributed by atoms with Crippen LogP contribution in [0.25, 0.3) is 0 Å². The van der Waals surface area contributed by atoms with Crippen LogP contribution in [0.3, 0.4) is 0 Å². The van der Waals surface area contributed by atoms with Crippen LogP contribution in [0.15, 0.2) is 5.10 Å². The molecule has 0 aromatic carbocycles. The Morgan fingerprint density at radius 1 is 1.58 bits per heavy atom. The topological polar surface area (TPSA) is 44.7 Å². The van der Waals surface area contributed by atoms with Gasteiger partial charge in [-0.1, -0.05) is 0 Å². The van der Waals surface area contributed by atoms with E-state index in [2.05, 4.69) is 10.4 Å². The Bertz CT molecular complexity index is 220. The summed E-state index contributed by atoms with van der Waals surface area (Å²) >= 11 is 0. The number of nitrogens with zero attached hydrogens (tertiary/aromatic N) is 2. The maximum absolute atomic E-state index is 11.4. The van der Waals surface area contributed by atoms with Crippen LogP contribution in [0.5, 0.6) is 0 Å². The van der Waals surface area contributed by atoms with E-state index in [4.69, 9.17) is 0 Å². The zero-order chi connectivity index (χ0) is 9.35. The molecule has 0 aromatic rings.